The van der Waals surface area contributed by atoms with Gasteiger partial charge < -0.3 is 15.6 Å². The Kier molecular flexibility index (Phi) is 5.68. The average Bonchev–Trinajstić information content (AvgIpc) is 3.46. The maximum absolute atomic E-state index is 11.7. The molecule has 1 saturated heterocycles. The van der Waals surface area contributed by atoms with Crippen LogP contribution in [0.2, 0.25) is 0 Å². The van der Waals surface area contributed by atoms with E-state index in [1.807, 2.05) is 25.2 Å². The summed E-state index contributed by atoms with van der Waals surface area (Å²) in [7, 11) is 1.89. The van der Waals surface area contributed by atoms with E-state index in [4.69, 9.17) is 0 Å². The van der Waals surface area contributed by atoms with Crippen LogP contribution in [-0.4, -0.2) is 37.8 Å². The van der Waals surface area contributed by atoms with Gasteiger partial charge in [-0.2, -0.15) is 5.10 Å². The van der Waals surface area contributed by atoms with Crippen molar-refractivity contribution in [1.29, 1.82) is 0 Å². The molecule has 8 nitrogen and oxygen atoms in total. The van der Waals surface area contributed by atoms with Crippen LogP contribution in [0.4, 0.5) is 11.6 Å². The lowest BCUT2D eigenvalue weighted by atomic mass is 10.3. The van der Waals surface area contributed by atoms with Gasteiger partial charge >= 0.3 is 0 Å². The quantitative estimate of drug-likeness (QED) is 0.480. The molecule has 0 bridgehead atoms. The van der Waals surface area contributed by atoms with E-state index in [-0.39, 0.29) is 5.56 Å². The Balaban J connectivity index is 0.000000359. The molecule has 0 atom stereocenters. The molecule has 29 heavy (non-hydrogen) atoms. The second-order valence-corrected chi connectivity index (χ2v) is 7.89. The summed E-state index contributed by atoms with van der Waals surface area (Å²) in [6.07, 6.45) is 6.31. The molecule has 0 amide bonds. The first-order valence-corrected chi connectivity index (χ1v) is 10.3. The Labute approximate surface area is 172 Å². The monoisotopic (exact) mass is 409 g/mol. The molecule has 0 spiro atoms. The molecule has 1 fully saturated rings. The highest BCUT2D eigenvalue weighted by Crippen LogP contribution is 2.30. The fourth-order valence-corrected chi connectivity index (χ4v) is 3.95. The molecule has 4 aromatic rings. The minimum Gasteiger partial charge on any atom is -0.326 e. The van der Waals surface area contributed by atoms with E-state index < -0.39 is 0 Å². The molecule has 9 heteroatoms. The summed E-state index contributed by atoms with van der Waals surface area (Å²) in [4.78, 5) is 23.5. The molecule has 5 rings (SSSR count). The molecule has 3 N–H and O–H groups in total. The van der Waals surface area contributed by atoms with Crippen molar-refractivity contribution in [2.45, 2.75) is 19.8 Å². The molecule has 0 saturated carbocycles. The maximum Gasteiger partial charge on any atom is 0.252 e. The van der Waals surface area contributed by atoms with E-state index in [2.05, 4.69) is 30.7 Å². The molecular weight excluding hydrogens is 386 g/mol. The van der Waals surface area contributed by atoms with Crippen LogP contribution in [-0.2, 0) is 7.05 Å². The zero-order valence-electron chi connectivity index (χ0n) is 16.4. The maximum atomic E-state index is 11.7. The van der Waals surface area contributed by atoms with E-state index in [0.29, 0.717) is 17.2 Å². The molecular formula is C20H23N7OS. The van der Waals surface area contributed by atoms with Gasteiger partial charge in [0.15, 0.2) is 0 Å². The number of fused-ring (bicyclic) bond motifs is 1. The summed E-state index contributed by atoms with van der Waals surface area (Å²) >= 11 is 1.57. The predicted molar refractivity (Wildman–Crippen MR) is 117 cm³/mol. The molecule has 0 aromatic carbocycles. The minimum absolute atomic E-state index is 0.117. The van der Waals surface area contributed by atoms with Gasteiger partial charge in [-0.05, 0) is 45.0 Å². The van der Waals surface area contributed by atoms with E-state index >= 15 is 0 Å². The van der Waals surface area contributed by atoms with Crippen LogP contribution >= 0.6 is 11.3 Å². The van der Waals surface area contributed by atoms with Gasteiger partial charge in [0, 0.05) is 31.1 Å². The lowest BCUT2D eigenvalue weighted by Gasteiger charge is -2.05. The zero-order chi connectivity index (χ0) is 20.2. The van der Waals surface area contributed by atoms with Crippen molar-refractivity contribution >= 4 is 33.2 Å². The Morgan fingerprint density at radius 3 is 2.69 bits per heavy atom. The normalized spacial score (nSPS) is 13.3. The summed E-state index contributed by atoms with van der Waals surface area (Å²) in [5.74, 6) is 1.23. The smallest absolute Gasteiger partial charge is 0.252 e. The third-order valence-corrected chi connectivity index (χ3v) is 5.67. The number of hydrogen-bond acceptors (Lipinski definition) is 7. The lowest BCUT2D eigenvalue weighted by Crippen LogP contribution is -2.10. The molecule has 1 aliphatic heterocycles. The fraction of sp³-hybridized carbons (Fsp3) is 0.300. The highest BCUT2D eigenvalue weighted by molar-refractivity contribution is 7.21. The topological polar surface area (TPSA) is 101 Å². The Bertz CT molecular complexity index is 1170. The minimum atomic E-state index is -0.117. The molecule has 0 aliphatic carbocycles. The van der Waals surface area contributed by atoms with Gasteiger partial charge in [0.2, 0.25) is 0 Å². The average molecular weight is 410 g/mol. The van der Waals surface area contributed by atoms with Crippen LogP contribution in [0, 0.1) is 6.92 Å². The number of rotatable bonds is 3. The third kappa shape index (κ3) is 4.52. The van der Waals surface area contributed by atoms with Gasteiger partial charge in [-0.3, -0.25) is 9.48 Å². The summed E-state index contributed by atoms with van der Waals surface area (Å²) in [5.41, 5.74) is 2.37. The summed E-state index contributed by atoms with van der Waals surface area (Å²) < 4.78 is 2.79. The number of hydrogen-bond donors (Lipinski definition) is 3. The molecule has 1 aliphatic rings. The summed E-state index contributed by atoms with van der Waals surface area (Å²) in [5, 5.41) is 11.4. The number of pyridine rings is 2. The zero-order valence-corrected chi connectivity index (χ0v) is 17.2. The van der Waals surface area contributed by atoms with Gasteiger partial charge in [0.25, 0.3) is 5.56 Å². The van der Waals surface area contributed by atoms with Crippen LogP contribution < -0.4 is 16.2 Å². The third-order valence-electron chi connectivity index (χ3n) is 4.64. The molecule has 4 aromatic heterocycles. The first kappa shape index (κ1) is 19.3. The van der Waals surface area contributed by atoms with Crippen molar-refractivity contribution in [2.24, 2.45) is 7.05 Å². The Morgan fingerprint density at radius 2 is 2.03 bits per heavy atom. The highest BCUT2D eigenvalue weighted by Gasteiger charge is 2.10. The lowest BCUT2D eigenvalue weighted by molar-refractivity contribution is 0.775. The van der Waals surface area contributed by atoms with Crippen molar-refractivity contribution in [3.63, 3.8) is 0 Å². The Hall–Kier alpha value is -3.04. The predicted octanol–water partition coefficient (Wildman–Crippen LogP) is 3.20. The van der Waals surface area contributed by atoms with Crippen molar-refractivity contribution in [2.75, 3.05) is 18.4 Å². The van der Waals surface area contributed by atoms with E-state index in [9.17, 15) is 4.79 Å². The number of anilines is 2. The van der Waals surface area contributed by atoms with Crippen LogP contribution in [0.15, 0.2) is 41.5 Å². The number of thiazole rings is 1. The first-order valence-electron chi connectivity index (χ1n) is 9.53. The summed E-state index contributed by atoms with van der Waals surface area (Å²) in [6.45, 7) is 4.27. The SMILES string of the molecule is C1CCNC1.Cc1ccc(Nc2cc3nc(-c4ccnn4C)sc3cn2)[nH]c1=O. The molecule has 0 unspecified atom stereocenters. The second-order valence-electron chi connectivity index (χ2n) is 6.86. The number of nitrogens with one attached hydrogen (secondary N) is 3. The van der Waals surface area contributed by atoms with Crippen LogP contribution in [0.3, 0.4) is 0 Å². The van der Waals surface area contributed by atoms with Gasteiger partial charge in [-0.1, -0.05) is 6.07 Å². The molecule has 150 valence electrons. The van der Waals surface area contributed by atoms with Crippen molar-refractivity contribution in [3.8, 4) is 10.7 Å². The first-order chi connectivity index (χ1) is 14.1. The number of aromatic nitrogens is 5. The number of aromatic amines is 1. The Morgan fingerprint density at radius 1 is 1.21 bits per heavy atom. The summed E-state index contributed by atoms with van der Waals surface area (Å²) in [6, 6.07) is 7.37. The van der Waals surface area contributed by atoms with Crippen molar-refractivity contribution in [1.82, 2.24) is 30.0 Å². The van der Waals surface area contributed by atoms with Crippen molar-refractivity contribution in [3.05, 3.63) is 52.6 Å². The van der Waals surface area contributed by atoms with Crippen molar-refractivity contribution < 1.29 is 0 Å². The van der Waals surface area contributed by atoms with Gasteiger partial charge in [0.1, 0.15) is 16.6 Å². The van der Waals surface area contributed by atoms with Gasteiger partial charge in [0.05, 0.1) is 15.9 Å². The van der Waals surface area contributed by atoms with Gasteiger partial charge in [-0.25, -0.2) is 9.97 Å². The van der Waals surface area contributed by atoms with Gasteiger partial charge in [-0.15, -0.1) is 11.3 Å². The molecule has 0 radical (unpaired) electrons. The molecule has 5 heterocycles. The van der Waals surface area contributed by atoms with Crippen LogP contribution in [0.5, 0.6) is 0 Å². The fourth-order valence-electron chi connectivity index (χ4n) is 2.98. The number of H-pyrrole nitrogens is 1. The van der Waals surface area contributed by atoms with E-state index in [1.165, 1.54) is 25.9 Å². The highest BCUT2D eigenvalue weighted by atomic mass is 32.1. The van der Waals surface area contributed by atoms with Crippen LogP contribution in [0.25, 0.3) is 20.9 Å². The van der Waals surface area contributed by atoms with E-state index in [0.717, 1.165) is 20.9 Å². The van der Waals surface area contributed by atoms with Crippen LogP contribution in [0.1, 0.15) is 18.4 Å². The number of nitrogens with zero attached hydrogens (tertiary/aromatic N) is 4. The van der Waals surface area contributed by atoms with E-state index in [1.54, 1.807) is 41.4 Å². The number of aryl methyl sites for hydroxylation is 2. The standard InChI is InChI=1S/C16H14N6OS.C4H9N/c1-9-3-4-13(21-15(9)23)20-14-7-10-12(8-17-14)24-16(19-10)11-5-6-18-22(11)2;1-2-4-5-3-1/h3-8H,1-2H3,(H2,17,20,21,23);5H,1-4H2. The second kappa shape index (κ2) is 8.54. The largest absolute Gasteiger partial charge is 0.326 e.